The third-order valence-electron chi connectivity index (χ3n) is 4.18. The number of carbonyl (C=O) groups is 1. The fraction of sp³-hybridized carbons (Fsp3) is 0.632. The molecule has 0 atom stereocenters. The van der Waals surface area contributed by atoms with Gasteiger partial charge in [-0.25, -0.2) is 0 Å². The fourth-order valence-corrected chi connectivity index (χ4v) is 2.70. The number of benzene rings is 1. The van der Waals surface area contributed by atoms with E-state index in [9.17, 15) is 14.9 Å². The van der Waals surface area contributed by atoms with Crippen molar-refractivity contribution in [1.82, 2.24) is 0 Å². The second-order valence-corrected chi connectivity index (χ2v) is 6.27. The second-order valence-electron chi connectivity index (χ2n) is 6.27. The van der Waals surface area contributed by atoms with Gasteiger partial charge in [0.25, 0.3) is 5.69 Å². The van der Waals surface area contributed by atoms with E-state index in [1.807, 2.05) is 0 Å². The van der Waals surface area contributed by atoms with Crippen LogP contribution in [0.3, 0.4) is 0 Å². The molecule has 0 saturated heterocycles. The molecule has 0 fully saturated rings. The summed E-state index contributed by atoms with van der Waals surface area (Å²) >= 11 is 0. The van der Waals surface area contributed by atoms with E-state index in [1.54, 1.807) is 6.07 Å². The Labute approximate surface area is 150 Å². The van der Waals surface area contributed by atoms with Crippen LogP contribution in [0.1, 0.15) is 71.1 Å². The summed E-state index contributed by atoms with van der Waals surface area (Å²) in [5.41, 5.74) is 0.0616. The average Bonchev–Trinajstić information content (AvgIpc) is 2.60. The minimum Gasteiger partial charge on any atom is -0.496 e. The van der Waals surface area contributed by atoms with Crippen LogP contribution >= 0.6 is 0 Å². The lowest BCUT2D eigenvalue weighted by molar-refractivity contribution is -0.384. The molecule has 1 amide bonds. The molecule has 0 aliphatic carbocycles. The molecule has 1 N–H and O–H groups in total. The summed E-state index contributed by atoms with van der Waals surface area (Å²) < 4.78 is 4.98. The number of ether oxygens (including phenoxy) is 1. The van der Waals surface area contributed by atoms with Crippen molar-refractivity contribution >= 4 is 17.3 Å². The Kier molecular flexibility index (Phi) is 10.3. The normalized spacial score (nSPS) is 10.5. The number of hydrogen-bond donors (Lipinski definition) is 1. The smallest absolute Gasteiger partial charge is 0.296 e. The monoisotopic (exact) mass is 350 g/mol. The van der Waals surface area contributed by atoms with Gasteiger partial charge in [-0.15, -0.1) is 0 Å². The minimum atomic E-state index is -0.517. The molecule has 0 spiro atoms. The van der Waals surface area contributed by atoms with Crippen molar-refractivity contribution in [2.45, 2.75) is 71.1 Å². The molecule has 1 aromatic carbocycles. The summed E-state index contributed by atoms with van der Waals surface area (Å²) in [4.78, 5) is 22.6. The second kappa shape index (κ2) is 12.3. The fourth-order valence-electron chi connectivity index (χ4n) is 2.70. The zero-order valence-electron chi connectivity index (χ0n) is 15.4. The lowest BCUT2D eigenvalue weighted by Crippen LogP contribution is -2.12. The van der Waals surface area contributed by atoms with Gasteiger partial charge in [-0.3, -0.25) is 14.9 Å². The van der Waals surface area contributed by atoms with Gasteiger partial charge in [-0.05, 0) is 18.6 Å². The van der Waals surface area contributed by atoms with E-state index in [0.717, 1.165) is 19.3 Å². The molecule has 0 bridgehead atoms. The van der Waals surface area contributed by atoms with Crippen LogP contribution in [0.4, 0.5) is 11.4 Å². The van der Waals surface area contributed by atoms with Crippen molar-refractivity contribution < 1.29 is 14.5 Å². The molecule has 6 heteroatoms. The molecule has 140 valence electrons. The largest absolute Gasteiger partial charge is 0.496 e. The van der Waals surface area contributed by atoms with Crippen molar-refractivity contribution in [3.05, 3.63) is 28.3 Å². The Bertz CT molecular complexity index is 546. The first-order valence-corrected chi connectivity index (χ1v) is 9.20. The molecule has 1 aromatic rings. The number of anilines is 1. The van der Waals surface area contributed by atoms with Gasteiger partial charge in [0.15, 0.2) is 0 Å². The average molecular weight is 350 g/mol. The summed E-state index contributed by atoms with van der Waals surface area (Å²) in [5.74, 6) is 0.208. The number of methoxy groups -OCH3 is 1. The molecular formula is C19H30N2O4. The number of rotatable bonds is 13. The van der Waals surface area contributed by atoms with Crippen LogP contribution in [-0.2, 0) is 4.79 Å². The van der Waals surface area contributed by atoms with Crippen LogP contribution in [0.2, 0.25) is 0 Å². The van der Waals surface area contributed by atoms with Gasteiger partial charge < -0.3 is 10.1 Å². The van der Waals surface area contributed by atoms with Crippen LogP contribution in [0, 0.1) is 10.1 Å². The van der Waals surface area contributed by atoms with E-state index in [1.165, 1.54) is 57.8 Å². The van der Waals surface area contributed by atoms with Gasteiger partial charge in [0.2, 0.25) is 5.91 Å². The van der Waals surface area contributed by atoms with Crippen LogP contribution in [-0.4, -0.2) is 17.9 Å². The Morgan fingerprint density at radius 3 is 2.24 bits per heavy atom. The van der Waals surface area contributed by atoms with Crippen molar-refractivity contribution in [2.75, 3.05) is 12.4 Å². The number of nitrogens with one attached hydrogen (secondary N) is 1. The first kappa shape index (κ1) is 20.9. The highest BCUT2D eigenvalue weighted by Crippen LogP contribution is 2.29. The zero-order chi connectivity index (χ0) is 18.5. The van der Waals surface area contributed by atoms with Crippen LogP contribution in [0.15, 0.2) is 18.2 Å². The quantitative estimate of drug-likeness (QED) is 0.291. The molecule has 0 aromatic heterocycles. The standard InChI is InChI=1S/C19H30N2O4/c1-3-4-5-6-7-8-9-10-11-12-19(22)20-17-14-13-16(25-2)15-18(17)21(23)24/h13-15H,3-12H2,1-2H3,(H,20,22). The minimum absolute atomic E-state index is 0.153. The summed E-state index contributed by atoms with van der Waals surface area (Å²) in [6, 6.07) is 4.42. The molecule has 0 aliphatic heterocycles. The number of hydrogen-bond acceptors (Lipinski definition) is 4. The summed E-state index contributed by atoms with van der Waals surface area (Å²) in [6.45, 7) is 2.21. The lowest BCUT2D eigenvalue weighted by Gasteiger charge is -2.07. The third kappa shape index (κ3) is 8.52. The molecule has 0 saturated carbocycles. The topological polar surface area (TPSA) is 81.5 Å². The van der Waals surface area contributed by atoms with Gasteiger partial charge >= 0.3 is 0 Å². The van der Waals surface area contributed by atoms with Crippen molar-refractivity contribution in [1.29, 1.82) is 0 Å². The van der Waals surface area contributed by atoms with Crippen molar-refractivity contribution in [2.24, 2.45) is 0 Å². The number of unbranched alkanes of at least 4 members (excludes halogenated alkanes) is 8. The van der Waals surface area contributed by atoms with E-state index in [-0.39, 0.29) is 17.3 Å². The van der Waals surface area contributed by atoms with Crippen LogP contribution in [0.5, 0.6) is 5.75 Å². The van der Waals surface area contributed by atoms with Crippen LogP contribution < -0.4 is 10.1 Å². The maximum Gasteiger partial charge on any atom is 0.296 e. The first-order valence-electron chi connectivity index (χ1n) is 9.20. The zero-order valence-corrected chi connectivity index (χ0v) is 15.4. The molecule has 6 nitrogen and oxygen atoms in total. The van der Waals surface area contributed by atoms with E-state index < -0.39 is 4.92 Å². The molecule has 1 rings (SSSR count). The van der Waals surface area contributed by atoms with Gasteiger partial charge in [-0.1, -0.05) is 58.3 Å². The summed E-state index contributed by atoms with van der Waals surface area (Å²) in [6.07, 6.45) is 11.0. The predicted octanol–water partition coefficient (Wildman–Crippen LogP) is 5.46. The SMILES string of the molecule is CCCCCCCCCCCC(=O)Nc1ccc(OC)cc1[N+](=O)[O-]. The Balaban J connectivity index is 2.27. The lowest BCUT2D eigenvalue weighted by atomic mass is 10.1. The maximum atomic E-state index is 12.0. The summed E-state index contributed by atoms with van der Waals surface area (Å²) in [7, 11) is 1.45. The van der Waals surface area contributed by atoms with Gasteiger partial charge in [0.1, 0.15) is 11.4 Å². The number of nitro benzene ring substituents is 1. The number of nitro groups is 1. The molecule has 0 radical (unpaired) electrons. The van der Waals surface area contributed by atoms with Gasteiger partial charge in [0, 0.05) is 6.42 Å². The van der Waals surface area contributed by atoms with Crippen molar-refractivity contribution in [3.63, 3.8) is 0 Å². The maximum absolute atomic E-state index is 12.0. The predicted molar refractivity (Wildman–Crippen MR) is 100 cm³/mol. The highest BCUT2D eigenvalue weighted by molar-refractivity contribution is 5.93. The van der Waals surface area contributed by atoms with Crippen molar-refractivity contribution in [3.8, 4) is 5.75 Å². The van der Waals surface area contributed by atoms with E-state index >= 15 is 0 Å². The Hall–Kier alpha value is -2.11. The highest BCUT2D eigenvalue weighted by atomic mass is 16.6. The Morgan fingerprint density at radius 2 is 1.68 bits per heavy atom. The van der Waals surface area contributed by atoms with Gasteiger partial charge in [-0.2, -0.15) is 0 Å². The number of nitrogens with zero attached hydrogens (tertiary/aromatic N) is 1. The molecule has 0 heterocycles. The number of carbonyl (C=O) groups excluding carboxylic acids is 1. The summed E-state index contributed by atoms with van der Waals surface area (Å²) in [5, 5.41) is 13.7. The Morgan fingerprint density at radius 1 is 1.08 bits per heavy atom. The molecule has 0 aliphatic rings. The third-order valence-corrected chi connectivity index (χ3v) is 4.18. The van der Waals surface area contributed by atoms with Crippen LogP contribution in [0.25, 0.3) is 0 Å². The molecule has 0 unspecified atom stereocenters. The van der Waals surface area contributed by atoms with E-state index in [0.29, 0.717) is 12.2 Å². The number of amides is 1. The molecule has 25 heavy (non-hydrogen) atoms. The molecular weight excluding hydrogens is 320 g/mol. The first-order chi connectivity index (χ1) is 12.1. The highest BCUT2D eigenvalue weighted by Gasteiger charge is 2.16. The van der Waals surface area contributed by atoms with Gasteiger partial charge in [0.05, 0.1) is 18.1 Å². The van der Waals surface area contributed by atoms with E-state index in [4.69, 9.17) is 4.74 Å². The van der Waals surface area contributed by atoms with E-state index in [2.05, 4.69) is 12.2 Å².